The standard InChI is InChI=1S/C22H20ClN5O3/c1-15-24-19(16-5-3-2-4-6-16)14-21(25-15)26-9-11-27(12-10-26)22(29)18-8-7-17(23)13-20(18)28(30)31/h2-8,13-14H,9-12H2,1H3. The number of carbonyl (C=O) groups is 1. The van der Waals surface area contributed by atoms with Crippen LogP contribution in [0.15, 0.2) is 54.6 Å². The van der Waals surface area contributed by atoms with Crippen molar-refractivity contribution in [2.24, 2.45) is 0 Å². The molecule has 0 spiro atoms. The number of anilines is 1. The Morgan fingerprint density at radius 2 is 1.74 bits per heavy atom. The SMILES string of the molecule is Cc1nc(-c2ccccc2)cc(N2CCN(C(=O)c3ccc(Cl)cc3[N+](=O)[O-])CC2)n1. The van der Waals surface area contributed by atoms with E-state index in [9.17, 15) is 14.9 Å². The summed E-state index contributed by atoms with van der Waals surface area (Å²) < 4.78 is 0. The number of aryl methyl sites for hydroxylation is 1. The molecule has 1 amide bonds. The van der Waals surface area contributed by atoms with Gasteiger partial charge in [-0.15, -0.1) is 0 Å². The van der Waals surface area contributed by atoms with Crippen molar-refractivity contribution in [1.82, 2.24) is 14.9 Å². The van der Waals surface area contributed by atoms with Crippen molar-refractivity contribution >= 4 is 29.0 Å². The number of nitro groups is 1. The van der Waals surface area contributed by atoms with Crippen molar-refractivity contribution in [3.8, 4) is 11.3 Å². The van der Waals surface area contributed by atoms with Gasteiger partial charge in [-0.3, -0.25) is 14.9 Å². The molecule has 1 aliphatic heterocycles. The average Bonchev–Trinajstić information content (AvgIpc) is 2.79. The Balaban J connectivity index is 1.50. The Kier molecular flexibility index (Phi) is 5.81. The Morgan fingerprint density at radius 3 is 2.42 bits per heavy atom. The molecule has 0 N–H and O–H groups in total. The van der Waals surface area contributed by atoms with Crippen LogP contribution >= 0.6 is 11.6 Å². The molecular formula is C22H20ClN5O3. The Morgan fingerprint density at radius 1 is 1.03 bits per heavy atom. The molecule has 0 bridgehead atoms. The van der Waals surface area contributed by atoms with Crippen LogP contribution in [0.1, 0.15) is 16.2 Å². The van der Waals surface area contributed by atoms with Gasteiger partial charge in [-0.2, -0.15) is 0 Å². The van der Waals surface area contributed by atoms with E-state index >= 15 is 0 Å². The molecular weight excluding hydrogens is 418 g/mol. The van der Waals surface area contributed by atoms with Crippen LogP contribution in [0, 0.1) is 17.0 Å². The predicted molar refractivity (Wildman–Crippen MR) is 118 cm³/mol. The maximum Gasteiger partial charge on any atom is 0.283 e. The highest BCUT2D eigenvalue weighted by atomic mass is 35.5. The molecule has 158 valence electrons. The van der Waals surface area contributed by atoms with Gasteiger partial charge in [-0.25, -0.2) is 9.97 Å². The van der Waals surface area contributed by atoms with Crippen LogP contribution in [-0.2, 0) is 0 Å². The van der Waals surface area contributed by atoms with E-state index in [0.717, 1.165) is 17.1 Å². The van der Waals surface area contributed by atoms with Crippen molar-refractivity contribution in [1.29, 1.82) is 0 Å². The number of amides is 1. The third-order valence-corrected chi connectivity index (χ3v) is 5.41. The number of nitrogens with zero attached hydrogens (tertiary/aromatic N) is 5. The van der Waals surface area contributed by atoms with Gasteiger partial charge in [0.25, 0.3) is 11.6 Å². The second kappa shape index (κ2) is 8.69. The van der Waals surface area contributed by atoms with Crippen LogP contribution in [0.2, 0.25) is 5.02 Å². The second-order valence-corrected chi connectivity index (χ2v) is 7.66. The zero-order valence-electron chi connectivity index (χ0n) is 16.9. The lowest BCUT2D eigenvalue weighted by Gasteiger charge is -2.35. The highest BCUT2D eigenvalue weighted by Crippen LogP contribution is 2.26. The maximum atomic E-state index is 12.9. The number of benzene rings is 2. The van der Waals surface area contributed by atoms with Crippen LogP contribution in [0.3, 0.4) is 0 Å². The van der Waals surface area contributed by atoms with Crippen molar-refractivity contribution in [3.05, 3.63) is 81.1 Å². The van der Waals surface area contributed by atoms with Gasteiger partial charge in [0.2, 0.25) is 0 Å². The van der Waals surface area contributed by atoms with Gasteiger partial charge in [-0.1, -0.05) is 41.9 Å². The van der Waals surface area contributed by atoms with E-state index in [0.29, 0.717) is 32.0 Å². The summed E-state index contributed by atoms with van der Waals surface area (Å²) in [7, 11) is 0. The van der Waals surface area contributed by atoms with E-state index in [2.05, 4.69) is 14.9 Å². The van der Waals surface area contributed by atoms with Crippen LogP contribution < -0.4 is 4.90 Å². The topological polar surface area (TPSA) is 92.5 Å². The molecule has 2 heterocycles. The van der Waals surface area contributed by atoms with Gasteiger partial charge in [0, 0.05) is 48.9 Å². The summed E-state index contributed by atoms with van der Waals surface area (Å²) >= 11 is 5.86. The predicted octanol–water partition coefficient (Wildman–Crippen LogP) is 3.98. The van der Waals surface area contributed by atoms with Crippen LogP contribution in [0.5, 0.6) is 0 Å². The first-order chi connectivity index (χ1) is 14.9. The molecule has 1 fully saturated rings. The van der Waals surface area contributed by atoms with Gasteiger partial charge in [0.05, 0.1) is 10.6 Å². The maximum absolute atomic E-state index is 12.9. The van der Waals surface area contributed by atoms with E-state index in [1.807, 2.05) is 43.3 Å². The summed E-state index contributed by atoms with van der Waals surface area (Å²) in [5.41, 5.74) is 1.63. The first-order valence-corrected chi connectivity index (χ1v) is 10.2. The van der Waals surface area contributed by atoms with E-state index < -0.39 is 4.92 Å². The molecule has 3 aromatic rings. The van der Waals surface area contributed by atoms with Crippen LogP contribution in [0.25, 0.3) is 11.3 Å². The summed E-state index contributed by atoms with van der Waals surface area (Å²) in [6.45, 7) is 3.86. The van der Waals surface area contributed by atoms with Crippen molar-refractivity contribution in [2.75, 3.05) is 31.1 Å². The summed E-state index contributed by atoms with van der Waals surface area (Å²) in [6, 6.07) is 16.0. The number of rotatable bonds is 4. The quantitative estimate of drug-likeness (QED) is 0.453. The number of nitro benzene ring substituents is 1. The molecule has 1 aromatic heterocycles. The number of halogens is 1. The largest absolute Gasteiger partial charge is 0.353 e. The molecule has 8 nitrogen and oxygen atoms in total. The van der Waals surface area contributed by atoms with E-state index in [-0.39, 0.29) is 22.2 Å². The fourth-order valence-electron chi connectivity index (χ4n) is 3.62. The van der Waals surface area contributed by atoms with E-state index in [4.69, 9.17) is 11.6 Å². The molecule has 2 aromatic carbocycles. The Hall–Kier alpha value is -3.52. The van der Waals surface area contributed by atoms with Crippen molar-refractivity contribution in [3.63, 3.8) is 0 Å². The highest BCUT2D eigenvalue weighted by Gasteiger charge is 2.28. The molecule has 9 heteroatoms. The second-order valence-electron chi connectivity index (χ2n) is 7.22. The van der Waals surface area contributed by atoms with Crippen molar-refractivity contribution < 1.29 is 9.72 Å². The Bertz CT molecular complexity index is 1130. The normalized spacial score (nSPS) is 13.9. The first-order valence-electron chi connectivity index (χ1n) is 9.81. The highest BCUT2D eigenvalue weighted by molar-refractivity contribution is 6.31. The number of aromatic nitrogens is 2. The molecule has 0 unspecified atom stereocenters. The summed E-state index contributed by atoms with van der Waals surface area (Å²) in [5, 5.41) is 11.6. The van der Waals surface area contributed by atoms with Gasteiger partial charge < -0.3 is 9.80 Å². The first kappa shape index (κ1) is 20.7. The Labute approximate surface area is 184 Å². The summed E-state index contributed by atoms with van der Waals surface area (Å²) in [6.07, 6.45) is 0. The van der Waals surface area contributed by atoms with Crippen LogP contribution in [-0.4, -0.2) is 51.9 Å². The number of hydrogen-bond donors (Lipinski definition) is 0. The molecule has 1 aliphatic rings. The molecule has 0 atom stereocenters. The molecule has 0 saturated carbocycles. The molecule has 0 aliphatic carbocycles. The minimum absolute atomic E-state index is 0.0482. The lowest BCUT2D eigenvalue weighted by atomic mass is 10.1. The smallest absolute Gasteiger partial charge is 0.283 e. The monoisotopic (exact) mass is 437 g/mol. The summed E-state index contributed by atoms with van der Waals surface area (Å²) in [5.74, 6) is 1.11. The minimum Gasteiger partial charge on any atom is -0.353 e. The van der Waals surface area contributed by atoms with Gasteiger partial charge in [0.1, 0.15) is 17.2 Å². The van der Waals surface area contributed by atoms with Gasteiger partial charge >= 0.3 is 0 Å². The molecule has 4 rings (SSSR count). The van der Waals surface area contributed by atoms with Gasteiger partial charge in [-0.05, 0) is 19.1 Å². The average molecular weight is 438 g/mol. The lowest BCUT2D eigenvalue weighted by Crippen LogP contribution is -2.49. The molecule has 1 saturated heterocycles. The summed E-state index contributed by atoms with van der Waals surface area (Å²) in [4.78, 5) is 36.5. The zero-order valence-corrected chi connectivity index (χ0v) is 17.6. The number of piperazine rings is 1. The van der Waals surface area contributed by atoms with Crippen molar-refractivity contribution in [2.45, 2.75) is 6.92 Å². The molecule has 0 radical (unpaired) electrons. The van der Waals surface area contributed by atoms with E-state index in [1.54, 1.807) is 4.90 Å². The third kappa shape index (κ3) is 4.49. The third-order valence-electron chi connectivity index (χ3n) is 5.17. The zero-order chi connectivity index (χ0) is 22.0. The van der Waals surface area contributed by atoms with Crippen LogP contribution in [0.4, 0.5) is 11.5 Å². The molecule has 31 heavy (non-hydrogen) atoms. The van der Waals surface area contributed by atoms with Gasteiger partial charge in [0.15, 0.2) is 0 Å². The number of hydrogen-bond acceptors (Lipinski definition) is 6. The fourth-order valence-corrected chi connectivity index (χ4v) is 3.78. The van der Waals surface area contributed by atoms with E-state index in [1.165, 1.54) is 18.2 Å². The minimum atomic E-state index is -0.579. The fraction of sp³-hybridized carbons (Fsp3) is 0.227. The number of carbonyl (C=O) groups excluding carboxylic acids is 1. The lowest BCUT2D eigenvalue weighted by molar-refractivity contribution is -0.385.